The van der Waals surface area contributed by atoms with Gasteiger partial charge in [-0.3, -0.25) is 4.79 Å². The van der Waals surface area contributed by atoms with Crippen molar-refractivity contribution in [1.29, 1.82) is 0 Å². The van der Waals surface area contributed by atoms with Crippen LogP contribution < -0.4 is 15.4 Å². The molecule has 27 heavy (non-hydrogen) atoms. The molecule has 0 spiro atoms. The van der Waals surface area contributed by atoms with Gasteiger partial charge in [-0.1, -0.05) is 35.9 Å². The van der Waals surface area contributed by atoms with E-state index in [9.17, 15) is 4.79 Å². The summed E-state index contributed by atoms with van der Waals surface area (Å²) < 4.78 is 5.50. The molecule has 0 saturated heterocycles. The molecule has 0 saturated carbocycles. The Hall–Kier alpha value is -3.12. The highest BCUT2D eigenvalue weighted by Crippen LogP contribution is 2.22. The Labute approximate surface area is 162 Å². The van der Waals surface area contributed by atoms with Crippen molar-refractivity contribution in [2.24, 2.45) is 0 Å². The van der Waals surface area contributed by atoms with Gasteiger partial charge in [0.05, 0.1) is 13.0 Å². The van der Waals surface area contributed by atoms with E-state index in [1.807, 2.05) is 55.5 Å². The van der Waals surface area contributed by atoms with Crippen LogP contribution in [-0.2, 0) is 4.79 Å². The highest BCUT2D eigenvalue weighted by molar-refractivity contribution is 6.31. The van der Waals surface area contributed by atoms with E-state index in [0.29, 0.717) is 16.7 Å². The number of carbonyl (C=O) groups is 1. The average Bonchev–Trinajstić information content (AvgIpc) is 2.67. The molecule has 2 N–H and O–H groups in total. The van der Waals surface area contributed by atoms with Gasteiger partial charge < -0.3 is 15.4 Å². The van der Waals surface area contributed by atoms with Gasteiger partial charge in [0.25, 0.3) is 0 Å². The van der Waals surface area contributed by atoms with Crippen LogP contribution in [-0.4, -0.2) is 22.7 Å². The number of hydrogen-bond donors (Lipinski definition) is 2. The van der Waals surface area contributed by atoms with Crippen molar-refractivity contribution >= 4 is 34.8 Å². The predicted octanol–water partition coefficient (Wildman–Crippen LogP) is 4.59. The first-order chi connectivity index (χ1) is 13.1. The summed E-state index contributed by atoms with van der Waals surface area (Å²) in [7, 11) is 0. The van der Waals surface area contributed by atoms with Gasteiger partial charge in [0, 0.05) is 10.7 Å². The topological polar surface area (TPSA) is 76.1 Å². The number of ether oxygens (including phenoxy) is 1. The highest BCUT2D eigenvalue weighted by atomic mass is 35.5. The van der Waals surface area contributed by atoms with Crippen LogP contribution in [0, 0.1) is 6.92 Å². The van der Waals surface area contributed by atoms with Crippen LogP contribution in [0.25, 0.3) is 0 Å². The normalized spacial score (nSPS) is 10.3. The van der Waals surface area contributed by atoms with Crippen LogP contribution in [0.2, 0.25) is 5.02 Å². The summed E-state index contributed by atoms with van der Waals surface area (Å²) in [6.45, 7) is 2.23. The number of nitrogens with zero attached hydrogens (tertiary/aromatic N) is 2. The molecular formula is C20H19ClN4O2. The Balaban J connectivity index is 1.48. The van der Waals surface area contributed by atoms with Crippen molar-refractivity contribution < 1.29 is 9.53 Å². The van der Waals surface area contributed by atoms with E-state index < -0.39 is 0 Å². The summed E-state index contributed by atoms with van der Waals surface area (Å²) in [6, 6.07) is 18.4. The van der Waals surface area contributed by atoms with Gasteiger partial charge in [-0.2, -0.15) is 0 Å². The van der Waals surface area contributed by atoms with Crippen molar-refractivity contribution in [3.05, 3.63) is 71.2 Å². The molecule has 138 valence electrons. The van der Waals surface area contributed by atoms with Gasteiger partial charge in [-0.05, 0) is 48.9 Å². The van der Waals surface area contributed by atoms with Crippen molar-refractivity contribution in [3.8, 4) is 5.75 Å². The van der Waals surface area contributed by atoms with E-state index >= 15 is 0 Å². The number of para-hydroxylation sites is 1. The minimum atomic E-state index is -0.189. The molecule has 0 atom stereocenters. The number of amides is 1. The maximum absolute atomic E-state index is 12.0. The number of hydrogen-bond acceptors (Lipinski definition) is 5. The van der Waals surface area contributed by atoms with Crippen LogP contribution in [0.5, 0.6) is 5.75 Å². The summed E-state index contributed by atoms with van der Waals surface area (Å²) in [5.41, 5.74) is 1.82. The molecule has 7 heteroatoms. The quantitative estimate of drug-likeness (QED) is 0.625. The van der Waals surface area contributed by atoms with E-state index in [2.05, 4.69) is 20.8 Å². The monoisotopic (exact) mass is 382 g/mol. The fourth-order valence-electron chi connectivity index (χ4n) is 2.27. The first-order valence-corrected chi connectivity index (χ1v) is 8.82. The summed E-state index contributed by atoms with van der Waals surface area (Å²) in [4.78, 5) is 12.0. The Bertz CT molecular complexity index is 902. The standard InChI is InChI=1S/C20H19ClN4O2/c1-14-7-8-15(13-17(14)21)22-18-9-10-19(25-24-18)23-20(26)11-12-27-16-5-3-2-4-6-16/h2-10,13H,11-12H2,1H3,(H,22,24)(H,23,25,26). The van der Waals surface area contributed by atoms with E-state index in [4.69, 9.17) is 16.3 Å². The smallest absolute Gasteiger partial charge is 0.229 e. The van der Waals surface area contributed by atoms with Gasteiger partial charge in [-0.25, -0.2) is 0 Å². The SMILES string of the molecule is Cc1ccc(Nc2ccc(NC(=O)CCOc3ccccc3)nn2)cc1Cl. The number of aromatic nitrogens is 2. The molecule has 1 heterocycles. The molecule has 0 bridgehead atoms. The Kier molecular flexibility index (Phi) is 6.22. The molecule has 2 aromatic carbocycles. The van der Waals surface area contributed by atoms with Gasteiger partial charge in [0.2, 0.25) is 5.91 Å². The molecule has 1 amide bonds. The fourth-order valence-corrected chi connectivity index (χ4v) is 2.45. The number of carbonyl (C=O) groups excluding carboxylic acids is 1. The number of nitrogens with one attached hydrogen (secondary N) is 2. The van der Waals surface area contributed by atoms with Crippen molar-refractivity contribution in [2.45, 2.75) is 13.3 Å². The first-order valence-electron chi connectivity index (χ1n) is 8.45. The van der Waals surface area contributed by atoms with Crippen LogP contribution in [0.1, 0.15) is 12.0 Å². The Morgan fingerprint density at radius 3 is 2.48 bits per heavy atom. The largest absolute Gasteiger partial charge is 0.493 e. The number of halogens is 1. The maximum Gasteiger partial charge on any atom is 0.229 e. The summed E-state index contributed by atoms with van der Waals surface area (Å²) in [5.74, 6) is 1.48. The minimum Gasteiger partial charge on any atom is -0.493 e. The molecule has 6 nitrogen and oxygen atoms in total. The van der Waals surface area contributed by atoms with Crippen molar-refractivity contribution in [3.63, 3.8) is 0 Å². The number of benzene rings is 2. The van der Waals surface area contributed by atoms with Gasteiger partial charge >= 0.3 is 0 Å². The molecular weight excluding hydrogens is 364 g/mol. The number of anilines is 3. The molecule has 1 aromatic heterocycles. The number of rotatable bonds is 7. The molecule has 3 aromatic rings. The number of aryl methyl sites for hydroxylation is 1. The van der Waals surface area contributed by atoms with Gasteiger partial charge in [0.1, 0.15) is 5.75 Å². The predicted molar refractivity (Wildman–Crippen MR) is 107 cm³/mol. The first kappa shape index (κ1) is 18.7. The lowest BCUT2D eigenvalue weighted by Crippen LogP contribution is -2.16. The van der Waals surface area contributed by atoms with E-state index in [-0.39, 0.29) is 18.9 Å². The van der Waals surface area contributed by atoms with Gasteiger partial charge in [0.15, 0.2) is 11.6 Å². The third kappa shape index (κ3) is 5.69. The third-order valence-corrected chi connectivity index (χ3v) is 4.12. The molecule has 0 radical (unpaired) electrons. The summed E-state index contributed by atoms with van der Waals surface area (Å²) in [5, 5.41) is 14.5. The van der Waals surface area contributed by atoms with Crippen LogP contribution in [0.4, 0.5) is 17.3 Å². The van der Waals surface area contributed by atoms with E-state index in [0.717, 1.165) is 17.0 Å². The lowest BCUT2D eigenvalue weighted by atomic mass is 10.2. The molecule has 3 rings (SSSR count). The van der Waals surface area contributed by atoms with Crippen LogP contribution >= 0.6 is 11.6 Å². The lowest BCUT2D eigenvalue weighted by molar-refractivity contribution is -0.116. The van der Waals surface area contributed by atoms with E-state index in [1.54, 1.807) is 12.1 Å². The molecule has 0 aliphatic heterocycles. The zero-order chi connectivity index (χ0) is 19.1. The van der Waals surface area contributed by atoms with Crippen LogP contribution in [0.3, 0.4) is 0 Å². The van der Waals surface area contributed by atoms with Crippen molar-refractivity contribution in [2.75, 3.05) is 17.2 Å². The maximum atomic E-state index is 12.0. The van der Waals surface area contributed by atoms with Crippen molar-refractivity contribution in [1.82, 2.24) is 10.2 Å². The average molecular weight is 383 g/mol. The molecule has 0 fully saturated rings. The second kappa shape index (κ2) is 9.00. The minimum absolute atomic E-state index is 0.189. The lowest BCUT2D eigenvalue weighted by Gasteiger charge is -2.08. The zero-order valence-corrected chi connectivity index (χ0v) is 15.5. The second-order valence-corrected chi connectivity index (χ2v) is 6.26. The van der Waals surface area contributed by atoms with Gasteiger partial charge in [-0.15, -0.1) is 10.2 Å². The molecule has 0 aliphatic carbocycles. The molecule has 0 aliphatic rings. The fraction of sp³-hybridized carbons (Fsp3) is 0.150. The Morgan fingerprint density at radius 2 is 1.78 bits per heavy atom. The Morgan fingerprint density at radius 1 is 1.04 bits per heavy atom. The molecule has 0 unspecified atom stereocenters. The zero-order valence-electron chi connectivity index (χ0n) is 14.8. The van der Waals surface area contributed by atoms with E-state index in [1.165, 1.54) is 0 Å². The highest BCUT2D eigenvalue weighted by Gasteiger charge is 2.06. The third-order valence-electron chi connectivity index (χ3n) is 3.72. The second-order valence-electron chi connectivity index (χ2n) is 5.85. The summed E-state index contributed by atoms with van der Waals surface area (Å²) in [6.07, 6.45) is 0.221. The summed E-state index contributed by atoms with van der Waals surface area (Å²) >= 11 is 6.11. The van der Waals surface area contributed by atoms with Crippen LogP contribution in [0.15, 0.2) is 60.7 Å².